The van der Waals surface area contributed by atoms with Gasteiger partial charge < -0.3 is 9.72 Å². The fourth-order valence-corrected chi connectivity index (χ4v) is 3.30. The number of nitrogens with zero attached hydrogens (tertiary/aromatic N) is 2. The monoisotopic (exact) mass is 432 g/mol. The molecule has 6 nitrogen and oxygen atoms in total. The first-order valence-electron chi connectivity index (χ1n) is 7.97. The summed E-state index contributed by atoms with van der Waals surface area (Å²) >= 11 is 4.74. The van der Waals surface area contributed by atoms with Crippen molar-refractivity contribution in [3.8, 4) is 5.75 Å². The third-order valence-corrected chi connectivity index (χ3v) is 4.74. The Morgan fingerprint density at radius 1 is 1.38 bits per heavy atom. The van der Waals surface area contributed by atoms with Crippen LogP contribution in [0, 0.1) is 0 Å². The van der Waals surface area contributed by atoms with Crippen LogP contribution in [0.5, 0.6) is 5.75 Å². The SMILES string of the molecule is CCOc1ccc(Br)cc1/C=N\NC(=O)CSc1nc2ccccc2[nH]1. The van der Waals surface area contributed by atoms with Crippen molar-refractivity contribution in [3.05, 3.63) is 52.5 Å². The summed E-state index contributed by atoms with van der Waals surface area (Å²) in [4.78, 5) is 19.6. The Morgan fingerprint density at radius 3 is 3.04 bits per heavy atom. The van der Waals surface area contributed by atoms with Gasteiger partial charge in [-0.25, -0.2) is 10.4 Å². The number of H-pyrrole nitrogens is 1. The summed E-state index contributed by atoms with van der Waals surface area (Å²) in [5.41, 5.74) is 5.14. The molecule has 0 fully saturated rings. The minimum atomic E-state index is -0.209. The minimum absolute atomic E-state index is 0.209. The van der Waals surface area contributed by atoms with Gasteiger partial charge in [-0.15, -0.1) is 0 Å². The lowest BCUT2D eigenvalue weighted by molar-refractivity contribution is -0.118. The number of benzene rings is 2. The summed E-state index contributed by atoms with van der Waals surface area (Å²) in [6, 6.07) is 13.4. The van der Waals surface area contributed by atoms with Crippen LogP contribution >= 0.6 is 27.7 Å². The number of carbonyl (C=O) groups is 1. The van der Waals surface area contributed by atoms with Crippen LogP contribution in [0.25, 0.3) is 11.0 Å². The molecule has 3 rings (SSSR count). The van der Waals surface area contributed by atoms with Gasteiger partial charge in [-0.05, 0) is 37.3 Å². The van der Waals surface area contributed by atoms with E-state index in [1.165, 1.54) is 11.8 Å². The van der Waals surface area contributed by atoms with E-state index in [1.54, 1.807) is 6.21 Å². The summed E-state index contributed by atoms with van der Waals surface area (Å²) in [6.07, 6.45) is 1.57. The zero-order chi connectivity index (χ0) is 18.4. The Hall–Kier alpha value is -2.32. The lowest BCUT2D eigenvalue weighted by Crippen LogP contribution is -2.19. The zero-order valence-corrected chi connectivity index (χ0v) is 16.4. The molecule has 3 aromatic rings. The first-order chi connectivity index (χ1) is 12.7. The molecule has 2 aromatic carbocycles. The Labute approximate surface area is 163 Å². The van der Waals surface area contributed by atoms with Gasteiger partial charge in [-0.1, -0.05) is 39.8 Å². The molecular formula is C18H17BrN4O2S. The Kier molecular flexibility index (Phi) is 6.30. The minimum Gasteiger partial charge on any atom is -0.493 e. The van der Waals surface area contributed by atoms with Gasteiger partial charge in [0.2, 0.25) is 0 Å². The molecule has 0 atom stereocenters. The number of fused-ring (bicyclic) bond motifs is 1. The molecule has 0 aliphatic heterocycles. The van der Waals surface area contributed by atoms with Crippen molar-refractivity contribution in [2.24, 2.45) is 5.10 Å². The van der Waals surface area contributed by atoms with E-state index < -0.39 is 0 Å². The summed E-state index contributed by atoms with van der Waals surface area (Å²) < 4.78 is 6.45. The molecule has 1 aromatic heterocycles. The molecule has 0 radical (unpaired) electrons. The number of hydrazone groups is 1. The number of thioether (sulfide) groups is 1. The average Bonchev–Trinajstić information content (AvgIpc) is 3.05. The molecule has 8 heteroatoms. The van der Waals surface area contributed by atoms with Crippen LogP contribution < -0.4 is 10.2 Å². The van der Waals surface area contributed by atoms with E-state index in [2.05, 4.69) is 36.4 Å². The van der Waals surface area contributed by atoms with Crippen molar-refractivity contribution in [2.75, 3.05) is 12.4 Å². The molecule has 0 spiro atoms. The van der Waals surface area contributed by atoms with Crippen molar-refractivity contribution in [1.82, 2.24) is 15.4 Å². The van der Waals surface area contributed by atoms with Gasteiger partial charge in [-0.3, -0.25) is 4.79 Å². The number of nitrogens with one attached hydrogen (secondary N) is 2. The van der Waals surface area contributed by atoms with E-state index in [9.17, 15) is 4.79 Å². The van der Waals surface area contributed by atoms with Crippen molar-refractivity contribution in [2.45, 2.75) is 12.1 Å². The normalized spacial score (nSPS) is 11.2. The number of ether oxygens (including phenoxy) is 1. The smallest absolute Gasteiger partial charge is 0.250 e. The molecular weight excluding hydrogens is 416 g/mol. The number of aromatic nitrogens is 2. The number of imidazole rings is 1. The predicted molar refractivity (Wildman–Crippen MR) is 108 cm³/mol. The standard InChI is InChI=1S/C18H17BrN4O2S/c1-2-25-16-8-7-13(19)9-12(16)10-20-23-17(24)11-26-18-21-14-5-3-4-6-15(14)22-18/h3-10H,2,11H2,1H3,(H,21,22)(H,23,24)/b20-10-. The molecule has 1 heterocycles. The summed E-state index contributed by atoms with van der Waals surface area (Å²) in [5, 5.41) is 4.72. The fourth-order valence-electron chi connectivity index (χ4n) is 2.24. The maximum absolute atomic E-state index is 12.0. The number of hydrogen-bond donors (Lipinski definition) is 2. The van der Waals surface area contributed by atoms with Gasteiger partial charge in [0.1, 0.15) is 5.75 Å². The Bertz CT molecular complexity index is 909. The fraction of sp³-hybridized carbons (Fsp3) is 0.167. The van der Waals surface area contributed by atoms with E-state index in [4.69, 9.17) is 4.74 Å². The van der Waals surface area contributed by atoms with E-state index in [0.29, 0.717) is 17.5 Å². The van der Waals surface area contributed by atoms with Gasteiger partial charge in [0.25, 0.3) is 5.91 Å². The number of carbonyl (C=O) groups excluding carboxylic acids is 1. The average molecular weight is 433 g/mol. The van der Waals surface area contributed by atoms with Crippen molar-refractivity contribution < 1.29 is 9.53 Å². The largest absolute Gasteiger partial charge is 0.493 e. The maximum Gasteiger partial charge on any atom is 0.250 e. The van der Waals surface area contributed by atoms with Crippen molar-refractivity contribution in [3.63, 3.8) is 0 Å². The van der Waals surface area contributed by atoms with Crippen molar-refractivity contribution in [1.29, 1.82) is 0 Å². The van der Waals surface area contributed by atoms with Crippen LogP contribution in [0.4, 0.5) is 0 Å². The number of rotatable bonds is 7. The molecule has 0 saturated carbocycles. The van der Waals surface area contributed by atoms with Gasteiger partial charge in [-0.2, -0.15) is 5.10 Å². The number of amides is 1. The third-order valence-electron chi connectivity index (χ3n) is 3.37. The molecule has 0 unspecified atom stereocenters. The molecule has 0 bridgehead atoms. The zero-order valence-electron chi connectivity index (χ0n) is 14.0. The van der Waals surface area contributed by atoms with Crippen LogP contribution in [0.3, 0.4) is 0 Å². The molecule has 1 amide bonds. The number of aromatic amines is 1. The van der Waals surface area contributed by atoms with Gasteiger partial charge in [0.15, 0.2) is 5.16 Å². The lowest BCUT2D eigenvalue weighted by atomic mass is 10.2. The first-order valence-corrected chi connectivity index (χ1v) is 9.75. The quantitative estimate of drug-likeness (QED) is 0.336. The van der Waals surface area contributed by atoms with Crippen LogP contribution in [0.2, 0.25) is 0 Å². The maximum atomic E-state index is 12.0. The van der Waals surface area contributed by atoms with Gasteiger partial charge in [0.05, 0.1) is 29.6 Å². The lowest BCUT2D eigenvalue weighted by Gasteiger charge is -2.07. The van der Waals surface area contributed by atoms with Crippen LogP contribution in [-0.4, -0.2) is 34.4 Å². The molecule has 0 saturated heterocycles. The topological polar surface area (TPSA) is 79.4 Å². The second-order valence-corrected chi connectivity index (χ2v) is 7.14. The molecule has 2 N–H and O–H groups in total. The van der Waals surface area contributed by atoms with Crippen LogP contribution in [0.1, 0.15) is 12.5 Å². The summed E-state index contributed by atoms with van der Waals surface area (Å²) in [7, 11) is 0. The first kappa shape index (κ1) is 18.5. The van der Waals surface area contributed by atoms with E-state index in [0.717, 1.165) is 21.1 Å². The van der Waals surface area contributed by atoms with E-state index in [1.807, 2.05) is 49.4 Å². The Morgan fingerprint density at radius 2 is 2.23 bits per heavy atom. The molecule has 0 aliphatic rings. The second kappa shape index (κ2) is 8.86. The van der Waals surface area contributed by atoms with Crippen molar-refractivity contribution >= 4 is 50.8 Å². The number of para-hydroxylation sites is 2. The highest BCUT2D eigenvalue weighted by Gasteiger charge is 2.07. The van der Waals surface area contributed by atoms with E-state index in [-0.39, 0.29) is 11.7 Å². The van der Waals surface area contributed by atoms with Crippen LogP contribution in [-0.2, 0) is 4.79 Å². The number of hydrogen-bond acceptors (Lipinski definition) is 5. The number of halogens is 1. The highest BCUT2D eigenvalue weighted by atomic mass is 79.9. The summed E-state index contributed by atoms with van der Waals surface area (Å²) in [5.74, 6) is 0.721. The van der Waals surface area contributed by atoms with E-state index >= 15 is 0 Å². The second-order valence-electron chi connectivity index (χ2n) is 5.26. The Balaban J connectivity index is 1.55. The third kappa shape index (κ3) is 4.86. The summed E-state index contributed by atoms with van der Waals surface area (Å²) in [6.45, 7) is 2.48. The van der Waals surface area contributed by atoms with Gasteiger partial charge in [0, 0.05) is 10.0 Å². The highest BCUT2D eigenvalue weighted by Crippen LogP contribution is 2.22. The van der Waals surface area contributed by atoms with Crippen LogP contribution in [0.15, 0.2) is 57.2 Å². The molecule has 26 heavy (non-hydrogen) atoms. The molecule has 134 valence electrons. The molecule has 0 aliphatic carbocycles. The highest BCUT2D eigenvalue weighted by molar-refractivity contribution is 9.10. The predicted octanol–water partition coefficient (Wildman–Crippen LogP) is 3.97. The van der Waals surface area contributed by atoms with Gasteiger partial charge >= 0.3 is 0 Å².